The van der Waals surface area contributed by atoms with Gasteiger partial charge < -0.3 is 24.7 Å². The van der Waals surface area contributed by atoms with Gasteiger partial charge in [0.1, 0.15) is 0 Å². The van der Waals surface area contributed by atoms with Crippen LogP contribution >= 0.6 is 0 Å². The van der Waals surface area contributed by atoms with Gasteiger partial charge in [0.05, 0.1) is 18.8 Å². The highest BCUT2D eigenvalue weighted by Gasteiger charge is 2.23. The van der Waals surface area contributed by atoms with Crippen LogP contribution in [0.2, 0.25) is 0 Å². The van der Waals surface area contributed by atoms with Crippen LogP contribution in [0.4, 0.5) is 10.5 Å². The number of fused-ring (bicyclic) bond motifs is 1. The van der Waals surface area contributed by atoms with Crippen LogP contribution in [0.15, 0.2) is 30.5 Å². The molecule has 2 N–H and O–H groups in total. The lowest BCUT2D eigenvalue weighted by molar-refractivity contribution is 0.0868. The first-order valence-corrected chi connectivity index (χ1v) is 8.44. The quantitative estimate of drug-likeness (QED) is 0.855. The maximum absolute atomic E-state index is 12.2. The van der Waals surface area contributed by atoms with E-state index in [1.54, 1.807) is 7.11 Å². The molecule has 0 radical (unpaired) electrons. The Kier molecular flexibility index (Phi) is 5.37. The van der Waals surface area contributed by atoms with E-state index in [0.717, 1.165) is 42.6 Å². The van der Waals surface area contributed by atoms with Gasteiger partial charge in [-0.05, 0) is 44.0 Å². The fraction of sp³-hybridized carbons (Fsp3) is 0.500. The molecular weight excluding hydrogens is 306 g/mol. The predicted octanol–water partition coefficient (Wildman–Crippen LogP) is 2.98. The second-order valence-corrected chi connectivity index (χ2v) is 6.21. The molecule has 0 aliphatic carbocycles. The lowest BCUT2D eigenvalue weighted by atomic mass is 10.1. The molecule has 6 nitrogen and oxygen atoms in total. The van der Waals surface area contributed by atoms with Crippen molar-refractivity contribution < 1.29 is 14.3 Å². The Morgan fingerprint density at radius 1 is 1.46 bits per heavy atom. The van der Waals surface area contributed by atoms with E-state index in [2.05, 4.69) is 15.2 Å². The Morgan fingerprint density at radius 2 is 2.33 bits per heavy atom. The molecule has 1 fully saturated rings. The summed E-state index contributed by atoms with van der Waals surface area (Å²) < 4.78 is 12.9. The average molecular weight is 331 g/mol. The van der Waals surface area contributed by atoms with Crippen molar-refractivity contribution >= 4 is 22.6 Å². The average Bonchev–Trinajstić information content (AvgIpc) is 3.22. The molecule has 1 aliphatic rings. The summed E-state index contributed by atoms with van der Waals surface area (Å²) in [5.74, 6) is 0. The fourth-order valence-electron chi connectivity index (χ4n) is 3.13. The molecular formula is C18H25N3O3. The van der Waals surface area contributed by atoms with E-state index in [9.17, 15) is 4.79 Å². The van der Waals surface area contributed by atoms with Crippen LogP contribution in [0, 0.1) is 0 Å². The van der Waals surface area contributed by atoms with Crippen LogP contribution in [-0.4, -0.2) is 43.1 Å². The SMILES string of the molecule is COCCn1ccc2cc(NC(=O)N[C@@H](C)[C@@H]3CCCO3)ccc21. The third-order valence-corrected chi connectivity index (χ3v) is 4.45. The molecule has 0 saturated carbocycles. The van der Waals surface area contributed by atoms with E-state index in [-0.39, 0.29) is 18.2 Å². The molecule has 1 aliphatic heterocycles. The van der Waals surface area contributed by atoms with Crippen LogP contribution in [0.25, 0.3) is 10.9 Å². The minimum absolute atomic E-state index is 0.00589. The number of carbonyl (C=O) groups excluding carboxylic acids is 1. The van der Waals surface area contributed by atoms with Crippen LogP contribution in [0.1, 0.15) is 19.8 Å². The summed E-state index contributed by atoms with van der Waals surface area (Å²) in [6.07, 6.45) is 4.22. The molecule has 3 rings (SSSR count). The van der Waals surface area contributed by atoms with Crippen molar-refractivity contribution in [2.24, 2.45) is 0 Å². The Balaban J connectivity index is 1.61. The standard InChI is InChI=1S/C18H25N3O3/c1-13(17-4-3-10-24-17)19-18(22)20-15-5-6-16-14(12-15)7-8-21(16)9-11-23-2/h5-8,12-13,17H,3-4,9-11H2,1-2H3,(H2,19,20,22)/t13-,17-/m0/s1. The maximum Gasteiger partial charge on any atom is 0.319 e. The van der Waals surface area contributed by atoms with Gasteiger partial charge >= 0.3 is 6.03 Å². The van der Waals surface area contributed by atoms with Crippen molar-refractivity contribution in [3.8, 4) is 0 Å². The molecule has 6 heteroatoms. The molecule has 0 unspecified atom stereocenters. The number of methoxy groups -OCH3 is 1. The van der Waals surface area contributed by atoms with Crippen molar-refractivity contribution in [1.82, 2.24) is 9.88 Å². The molecule has 2 aromatic rings. The van der Waals surface area contributed by atoms with Crippen molar-refractivity contribution in [2.45, 2.75) is 38.5 Å². The van der Waals surface area contributed by atoms with Gasteiger partial charge in [-0.2, -0.15) is 0 Å². The molecule has 1 aromatic carbocycles. The maximum atomic E-state index is 12.2. The van der Waals surface area contributed by atoms with Crippen molar-refractivity contribution in [3.63, 3.8) is 0 Å². The van der Waals surface area contributed by atoms with Gasteiger partial charge in [-0.3, -0.25) is 0 Å². The number of nitrogens with zero attached hydrogens (tertiary/aromatic N) is 1. The zero-order chi connectivity index (χ0) is 16.9. The van der Waals surface area contributed by atoms with Crippen LogP contribution in [0.5, 0.6) is 0 Å². The fourth-order valence-corrected chi connectivity index (χ4v) is 3.13. The monoisotopic (exact) mass is 331 g/mol. The zero-order valence-electron chi connectivity index (χ0n) is 14.2. The topological polar surface area (TPSA) is 64.5 Å². The van der Waals surface area contributed by atoms with E-state index in [0.29, 0.717) is 6.61 Å². The van der Waals surface area contributed by atoms with Crippen molar-refractivity contribution in [3.05, 3.63) is 30.5 Å². The largest absolute Gasteiger partial charge is 0.383 e. The number of nitrogens with one attached hydrogen (secondary N) is 2. The van der Waals surface area contributed by atoms with E-state index in [1.807, 2.05) is 37.4 Å². The van der Waals surface area contributed by atoms with Crippen LogP contribution in [-0.2, 0) is 16.0 Å². The normalized spacial score (nSPS) is 18.7. The smallest absolute Gasteiger partial charge is 0.319 e. The first-order valence-electron chi connectivity index (χ1n) is 8.44. The van der Waals surface area contributed by atoms with E-state index in [4.69, 9.17) is 9.47 Å². The minimum atomic E-state index is -0.198. The molecule has 1 saturated heterocycles. The van der Waals surface area contributed by atoms with Gasteiger partial charge in [0.25, 0.3) is 0 Å². The number of rotatable bonds is 6. The van der Waals surface area contributed by atoms with Gasteiger partial charge in [0.15, 0.2) is 0 Å². The number of ether oxygens (including phenoxy) is 2. The summed E-state index contributed by atoms with van der Waals surface area (Å²) >= 11 is 0. The van der Waals surface area contributed by atoms with Gasteiger partial charge in [-0.15, -0.1) is 0 Å². The first-order chi connectivity index (χ1) is 11.7. The summed E-state index contributed by atoms with van der Waals surface area (Å²) in [4.78, 5) is 12.2. The molecule has 24 heavy (non-hydrogen) atoms. The molecule has 2 amide bonds. The molecule has 1 aromatic heterocycles. The highest BCUT2D eigenvalue weighted by atomic mass is 16.5. The summed E-state index contributed by atoms with van der Waals surface area (Å²) in [5, 5.41) is 6.95. The second-order valence-electron chi connectivity index (χ2n) is 6.21. The van der Waals surface area contributed by atoms with E-state index < -0.39 is 0 Å². The Bertz CT molecular complexity index is 692. The van der Waals surface area contributed by atoms with Gasteiger partial charge in [0, 0.05) is 43.0 Å². The number of hydrogen-bond donors (Lipinski definition) is 2. The first kappa shape index (κ1) is 16.8. The lowest BCUT2D eigenvalue weighted by Gasteiger charge is -2.20. The van der Waals surface area contributed by atoms with Crippen molar-refractivity contribution in [1.29, 1.82) is 0 Å². The van der Waals surface area contributed by atoms with Crippen LogP contribution < -0.4 is 10.6 Å². The Morgan fingerprint density at radius 3 is 3.08 bits per heavy atom. The van der Waals surface area contributed by atoms with Gasteiger partial charge in [-0.25, -0.2) is 4.79 Å². The summed E-state index contributed by atoms with van der Waals surface area (Å²) in [7, 11) is 1.70. The number of benzene rings is 1. The minimum Gasteiger partial charge on any atom is -0.383 e. The highest BCUT2D eigenvalue weighted by molar-refractivity contribution is 5.93. The molecule has 0 bridgehead atoms. The Labute approximate surface area is 142 Å². The number of hydrogen-bond acceptors (Lipinski definition) is 3. The van der Waals surface area contributed by atoms with E-state index in [1.165, 1.54) is 0 Å². The van der Waals surface area contributed by atoms with Crippen molar-refractivity contribution in [2.75, 3.05) is 25.6 Å². The van der Waals surface area contributed by atoms with Gasteiger partial charge in [-0.1, -0.05) is 0 Å². The number of aromatic nitrogens is 1. The van der Waals surface area contributed by atoms with Crippen LogP contribution in [0.3, 0.4) is 0 Å². The Hall–Kier alpha value is -2.05. The summed E-state index contributed by atoms with van der Waals surface area (Å²) in [5.41, 5.74) is 1.91. The number of amides is 2. The van der Waals surface area contributed by atoms with Gasteiger partial charge in [0.2, 0.25) is 0 Å². The lowest BCUT2D eigenvalue weighted by Crippen LogP contribution is -2.42. The molecule has 2 heterocycles. The summed E-state index contributed by atoms with van der Waals surface area (Å²) in [6, 6.07) is 7.77. The molecule has 0 spiro atoms. The van der Waals surface area contributed by atoms with E-state index >= 15 is 0 Å². The highest BCUT2D eigenvalue weighted by Crippen LogP contribution is 2.21. The summed E-state index contributed by atoms with van der Waals surface area (Å²) in [6.45, 7) is 4.25. The molecule has 2 atom stereocenters. The molecule has 130 valence electrons. The number of urea groups is 1. The third-order valence-electron chi connectivity index (χ3n) is 4.45. The third kappa shape index (κ3) is 3.88. The number of anilines is 1. The second kappa shape index (κ2) is 7.68. The predicted molar refractivity (Wildman–Crippen MR) is 94.4 cm³/mol. The zero-order valence-corrected chi connectivity index (χ0v) is 14.2. The number of carbonyl (C=O) groups is 1.